The number of ketones is 2. The minimum atomic E-state index is -0.134. The molecule has 0 saturated heterocycles. The van der Waals surface area contributed by atoms with E-state index in [1.807, 2.05) is 0 Å². The first kappa shape index (κ1) is 11.4. The lowest BCUT2D eigenvalue weighted by atomic mass is 10.00. The number of rotatable bonds is 0. The maximum Gasteiger partial charge on any atom is 0.198 e. The van der Waals surface area contributed by atoms with Crippen LogP contribution >= 0.6 is 0 Å². The second-order valence-corrected chi connectivity index (χ2v) is 4.17. The van der Waals surface area contributed by atoms with E-state index < -0.39 is 0 Å². The van der Waals surface area contributed by atoms with Gasteiger partial charge in [0.2, 0.25) is 0 Å². The van der Waals surface area contributed by atoms with Crippen LogP contribution < -0.4 is 0 Å². The zero-order valence-electron chi connectivity index (χ0n) is 8.89. The van der Waals surface area contributed by atoms with Crippen LogP contribution in [0.5, 0.6) is 0 Å². The van der Waals surface area contributed by atoms with Crippen molar-refractivity contribution in [3.63, 3.8) is 0 Å². The first-order valence-electron chi connectivity index (χ1n) is 5.87. The van der Waals surface area contributed by atoms with Gasteiger partial charge in [0.1, 0.15) is 0 Å². The minimum Gasteiger partial charge on any atom is -0.291 e. The predicted molar refractivity (Wildman–Crippen MR) is 56.2 cm³/mol. The van der Waals surface area contributed by atoms with Gasteiger partial charge in [-0.1, -0.05) is 38.5 Å². The van der Waals surface area contributed by atoms with Gasteiger partial charge in [-0.25, -0.2) is 0 Å². The quantitative estimate of drug-likeness (QED) is 0.558. The summed E-state index contributed by atoms with van der Waals surface area (Å²) in [5, 5.41) is 0. The third-order valence-electron chi connectivity index (χ3n) is 2.87. The summed E-state index contributed by atoms with van der Waals surface area (Å²) in [6, 6.07) is 0. The largest absolute Gasteiger partial charge is 0.291 e. The van der Waals surface area contributed by atoms with Gasteiger partial charge in [0, 0.05) is 12.8 Å². The summed E-state index contributed by atoms with van der Waals surface area (Å²) in [4.78, 5) is 22.6. The van der Waals surface area contributed by atoms with E-state index in [0.29, 0.717) is 12.8 Å². The van der Waals surface area contributed by atoms with E-state index in [2.05, 4.69) is 0 Å². The molecular formula is C12H20O2. The maximum atomic E-state index is 11.3. The molecule has 0 aliphatic heterocycles. The molecule has 1 aliphatic rings. The Morgan fingerprint density at radius 2 is 0.786 bits per heavy atom. The summed E-state index contributed by atoms with van der Waals surface area (Å²) in [5.74, 6) is -0.267. The molecule has 0 aromatic rings. The number of hydrogen-bond donors (Lipinski definition) is 0. The Labute approximate surface area is 86.1 Å². The molecule has 2 nitrogen and oxygen atoms in total. The molecule has 0 aromatic heterocycles. The summed E-state index contributed by atoms with van der Waals surface area (Å²) in [6.07, 6.45) is 10.0. The van der Waals surface area contributed by atoms with Crippen molar-refractivity contribution < 1.29 is 9.59 Å². The van der Waals surface area contributed by atoms with Gasteiger partial charge >= 0.3 is 0 Å². The van der Waals surface area contributed by atoms with Crippen LogP contribution in [0, 0.1) is 0 Å². The molecule has 0 N–H and O–H groups in total. The first-order valence-corrected chi connectivity index (χ1v) is 5.87. The standard InChI is InChI=1S/C12H20O2/c13-11-9-7-5-3-1-2-4-6-8-10-12(11)14/h1-10H2. The Hall–Kier alpha value is -0.660. The minimum absolute atomic E-state index is 0.134. The van der Waals surface area contributed by atoms with Crippen molar-refractivity contribution in [3.05, 3.63) is 0 Å². The molecule has 0 unspecified atom stereocenters. The molecule has 14 heavy (non-hydrogen) atoms. The fourth-order valence-electron chi connectivity index (χ4n) is 1.91. The zero-order chi connectivity index (χ0) is 10.2. The van der Waals surface area contributed by atoms with Crippen LogP contribution in [0.2, 0.25) is 0 Å². The summed E-state index contributed by atoms with van der Waals surface area (Å²) in [7, 11) is 0. The first-order chi connectivity index (χ1) is 6.80. The van der Waals surface area contributed by atoms with Crippen LogP contribution in [0.25, 0.3) is 0 Å². The molecule has 1 rings (SSSR count). The molecule has 2 heteroatoms. The third kappa shape index (κ3) is 4.54. The summed E-state index contributed by atoms with van der Waals surface area (Å²) in [6.45, 7) is 0. The van der Waals surface area contributed by atoms with E-state index in [1.54, 1.807) is 0 Å². The van der Waals surface area contributed by atoms with Crippen molar-refractivity contribution in [2.45, 2.75) is 64.2 Å². The average molecular weight is 196 g/mol. The SMILES string of the molecule is O=C1CCCCCCCCCCC1=O. The van der Waals surface area contributed by atoms with Crippen molar-refractivity contribution in [1.29, 1.82) is 0 Å². The molecule has 0 atom stereocenters. The topological polar surface area (TPSA) is 34.1 Å². The van der Waals surface area contributed by atoms with E-state index in [-0.39, 0.29) is 11.6 Å². The van der Waals surface area contributed by atoms with Crippen LogP contribution in [-0.4, -0.2) is 11.6 Å². The van der Waals surface area contributed by atoms with E-state index in [1.165, 1.54) is 25.7 Å². The summed E-state index contributed by atoms with van der Waals surface area (Å²) >= 11 is 0. The van der Waals surface area contributed by atoms with Crippen LogP contribution in [-0.2, 0) is 9.59 Å². The highest BCUT2D eigenvalue weighted by molar-refractivity contribution is 6.37. The van der Waals surface area contributed by atoms with E-state index in [4.69, 9.17) is 0 Å². The van der Waals surface area contributed by atoms with Crippen molar-refractivity contribution in [2.24, 2.45) is 0 Å². The molecule has 1 saturated carbocycles. The van der Waals surface area contributed by atoms with Crippen molar-refractivity contribution >= 4 is 11.6 Å². The molecule has 0 amide bonds. The highest BCUT2D eigenvalue weighted by Gasteiger charge is 2.12. The molecule has 0 aromatic carbocycles. The lowest BCUT2D eigenvalue weighted by Crippen LogP contribution is -2.13. The van der Waals surface area contributed by atoms with Gasteiger partial charge in [-0.05, 0) is 12.8 Å². The van der Waals surface area contributed by atoms with Gasteiger partial charge < -0.3 is 0 Å². The Kier molecular flexibility index (Phi) is 5.50. The van der Waals surface area contributed by atoms with Gasteiger partial charge in [0.25, 0.3) is 0 Å². The van der Waals surface area contributed by atoms with Crippen molar-refractivity contribution in [2.75, 3.05) is 0 Å². The molecule has 1 aliphatic carbocycles. The summed E-state index contributed by atoms with van der Waals surface area (Å²) in [5.41, 5.74) is 0. The number of hydrogen-bond acceptors (Lipinski definition) is 2. The monoisotopic (exact) mass is 196 g/mol. The van der Waals surface area contributed by atoms with Gasteiger partial charge in [-0.2, -0.15) is 0 Å². The van der Waals surface area contributed by atoms with E-state index >= 15 is 0 Å². The van der Waals surface area contributed by atoms with Crippen LogP contribution in [0.3, 0.4) is 0 Å². The number of carbonyl (C=O) groups is 2. The lowest BCUT2D eigenvalue weighted by Gasteiger charge is -2.05. The highest BCUT2D eigenvalue weighted by atomic mass is 16.2. The smallest absolute Gasteiger partial charge is 0.198 e. The normalized spacial score (nSPS) is 22.6. The molecular weight excluding hydrogens is 176 g/mol. The van der Waals surface area contributed by atoms with Crippen molar-refractivity contribution in [1.82, 2.24) is 0 Å². The van der Waals surface area contributed by atoms with E-state index in [9.17, 15) is 9.59 Å². The Morgan fingerprint density at radius 1 is 0.500 bits per heavy atom. The zero-order valence-corrected chi connectivity index (χ0v) is 8.89. The maximum absolute atomic E-state index is 11.3. The fourth-order valence-corrected chi connectivity index (χ4v) is 1.91. The van der Waals surface area contributed by atoms with Crippen LogP contribution in [0.15, 0.2) is 0 Å². The molecule has 0 heterocycles. The Bertz CT molecular complexity index is 174. The molecule has 80 valence electrons. The van der Waals surface area contributed by atoms with Gasteiger partial charge in [0.05, 0.1) is 0 Å². The highest BCUT2D eigenvalue weighted by Crippen LogP contribution is 2.13. The molecule has 0 radical (unpaired) electrons. The lowest BCUT2D eigenvalue weighted by molar-refractivity contribution is -0.136. The van der Waals surface area contributed by atoms with Gasteiger partial charge in [0.15, 0.2) is 11.6 Å². The number of carbonyl (C=O) groups excluding carboxylic acids is 2. The van der Waals surface area contributed by atoms with E-state index in [0.717, 1.165) is 25.7 Å². The Morgan fingerprint density at radius 3 is 1.14 bits per heavy atom. The van der Waals surface area contributed by atoms with Crippen LogP contribution in [0.1, 0.15) is 64.2 Å². The summed E-state index contributed by atoms with van der Waals surface area (Å²) < 4.78 is 0. The van der Waals surface area contributed by atoms with Gasteiger partial charge in [-0.3, -0.25) is 9.59 Å². The van der Waals surface area contributed by atoms with Crippen molar-refractivity contribution in [3.8, 4) is 0 Å². The Balaban J connectivity index is 2.31. The second-order valence-electron chi connectivity index (χ2n) is 4.17. The molecule has 0 spiro atoms. The number of Topliss-reactive ketones (excluding diaryl/α,β-unsaturated/α-hetero) is 2. The molecule has 0 bridgehead atoms. The average Bonchev–Trinajstić information content (AvgIpc) is 2.18. The predicted octanol–water partition coefficient (Wildman–Crippen LogP) is 3.04. The second kappa shape index (κ2) is 6.74. The third-order valence-corrected chi connectivity index (χ3v) is 2.87. The van der Waals surface area contributed by atoms with Crippen LogP contribution in [0.4, 0.5) is 0 Å². The fraction of sp³-hybridized carbons (Fsp3) is 0.833. The molecule has 1 fully saturated rings. The van der Waals surface area contributed by atoms with Gasteiger partial charge in [-0.15, -0.1) is 0 Å².